The monoisotopic (exact) mass is 790 g/mol. The Morgan fingerprint density at radius 2 is 0.968 bits per heavy atom. The molecule has 3 aromatic heterocycles. The van der Waals surface area contributed by atoms with Crippen LogP contribution in [-0.2, 0) is 0 Å². The van der Waals surface area contributed by atoms with E-state index in [4.69, 9.17) is 15.0 Å². The Labute approximate surface area is 356 Å². The van der Waals surface area contributed by atoms with Crippen molar-refractivity contribution in [3.8, 4) is 62.7 Å². The van der Waals surface area contributed by atoms with Crippen molar-refractivity contribution in [2.75, 3.05) is 0 Å². The topological polar surface area (TPSA) is 72.3 Å². The summed E-state index contributed by atoms with van der Waals surface area (Å²) in [5.41, 5.74) is 11.5. The molecule has 6 heteroatoms. The average molecular weight is 791 g/mol. The second-order valence-corrected chi connectivity index (χ2v) is 15.5. The van der Waals surface area contributed by atoms with E-state index in [1.54, 1.807) is 0 Å². The SMILES string of the molecule is N#Cc1ccc(-n2c3ccccc3c3ccc4c(c5ccccc5n4-c4cccc5ccccc45)c32)c(-c2nc(-c3ccccc3)nc(-c3cccc(-c4ccccc4)c3)n2)c1. The van der Waals surface area contributed by atoms with Crippen molar-refractivity contribution in [1.82, 2.24) is 24.1 Å². The third-order valence-electron chi connectivity index (χ3n) is 12.0. The highest BCUT2D eigenvalue weighted by molar-refractivity contribution is 6.26. The molecule has 12 aromatic rings. The molecule has 0 spiro atoms. The third kappa shape index (κ3) is 5.61. The van der Waals surface area contributed by atoms with Gasteiger partial charge >= 0.3 is 0 Å². The maximum Gasteiger partial charge on any atom is 0.166 e. The number of aromatic nitrogens is 5. The summed E-state index contributed by atoms with van der Waals surface area (Å²) in [5, 5.41) is 17.3. The molecule has 0 atom stereocenters. The summed E-state index contributed by atoms with van der Waals surface area (Å²) in [4.78, 5) is 15.6. The minimum atomic E-state index is 0.474. The second-order valence-electron chi connectivity index (χ2n) is 15.5. The lowest BCUT2D eigenvalue weighted by atomic mass is 10.0. The van der Waals surface area contributed by atoms with E-state index in [2.05, 4.69) is 143 Å². The van der Waals surface area contributed by atoms with Crippen LogP contribution >= 0.6 is 0 Å². The van der Waals surface area contributed by atoms with Crippen LogP contribution in [-0.4, -0.2) is 24.1 Å². The molecular weight excluding hydrogens is 757 g/mol. The molecular formula is C56H34N6. The maximum atomic E-state index is 10.4. The highest BCUT2D eigenvalue weighted by Gasteiger charge is 2.24. The lowest BCUT2D eigenvalue weighted by Gasteiger charge is -2.16. The van der Waals surface area contributed by atoms with E-state index in [0.717, 1.165) is 82.8 Å². The highest BCUT2D eigenvalue weighted by atomic mass is 15.1. The zero-order chi connectivity index (χ0) is 41.1. The van der Waals surface area contributed by atoms with Crippen LogP contribution in [0.25, 0.3) is 111 Å². The van der Waals surface area contributed by atoms with E-state index < -0.39 is 0 Å². The molecule has 0 saturated heterocycles. The van der Waals surface area contributed by atoms with Crippen LogP contribution in [0, 0.1) is 11.3 Å². The maximum absolute atomic E-state index is 10.4. The first-order chi connectivity index (χ1) is 30.7. The van der Waals surface area contributed by atoms with Gasteiger partial charge in [-0.3, -0.25) is 0 Å². The fraction of sp³-hybridized carbons (Fsp3) is 0. The summed E-state index contributed by atoms with van der Waals surface area (Å²) in [5.74, 6) is 1.57. The van der Waals surface area contributed by atoms with Crippen molar-refractivity contribution in [2.45, 2.75) is 0 Å². The van der Waals surface area contributed by atoms with Gasteiger partial charge in [-0.25, -0.2) is 15.0 Å². The van der Waals surface area contributed by atoms with Crippen molar-refractivity contribution in [3.05, 3.63) is 212 Å². The number of hydrogen-bond donors (Lipinski definition) is 0. The molecule has 0 unspecified atom stereocenters. The minimum absolute atomic E-state index is 0.474. The van der Waals surface area contributed by atoms with Crippen LogP contribution in [0.5, 0.6) is 0 Å². The molecule has 12 rings (SSSR count). The van der Waals surface area contributed by atoms with Gasteiger partial charge in [-0.2, -0.15) is 5.26 Å². The van der Waals surface area contributed by atoms with Crippen molar-refractivity contribution >= 4 is 54.4 Å². The van der Waals surface area contributed by atoms with Gasteiger partial charge in [-0.05, 0) is 65.0 Å². The molecule has 3 heterocycles. The van der Waals surface area contributed by atoms with Gasteiger partial charge in [-0.1, -0.05) is 158 Å². The summed E-state index contributed by atoms with van der Waals surface area (Å²) in [6, 6.07) is 73.8. The molecule has 0 aliphatic carbocycles. The molecule has 0 aliphatic rings. The quantitative estimate of drug-likeness (QED) is 0.168. The Morgan fingerprint density at radius 1 is 0.371 bits per heavy atom. The molecule has 6 nitrogen and oxygen atoms in total. The Balaban J connectivity index is 1.17. The zero-order valence-electron chi connectivity index (χ0n) is 33.3. The van der Waals surface area contributed by atoms with Gasteiger partial charge in [0, 0.05) is 43.6 Å². The third-order valence-corrected chi connectivity index (χ3v) is 12.0. The zero-order valence-corrected chi connectivity index (χ0v) is 33.3. The number of nitriles is 1. The standard InChI is InChI=1S/C56H34N6/c57-35-36-29-31-50(46(33-36)56-59-54(39-18-5-2-6-19-39)58-55(60-56)41-22-13-21-40(34-41)37-15-3-1-4-16-37)62-48-26-11-9-24-43(48)44-30-32-51-52(53(44)62)45-25-10-12-27-49(45)61(51)47-28-14-20-38-17-7-8-23-42(38)47/h1-34H. The van der Waals surface area contributed by atoms with E-state index in [-0.39, 0.29) is 0 Å². The molecule has 62 heavy (non-hydrogen) atoms. The first-order valence-electron chi connectivity index (χ1n) is 20.7. The number of rotatable bonds is 6. The molecule has 0 fully saturated rings. The van der Waals surface area contributed by atoms with Crippen LogP contribution in [0.15, 0.2) is 206 Å². The predicted octanol–water partition coefficient (Wildman–Crippen LogP) is 13.8. The molecule has 0 radical (unpaired) electrons. The number of para-hydroxylation sites is 2. The van der Waals surface area contributed by atoms with Crippen LogP contribution in [0.2, 0.25) is 0 Å². The lowest BCUT2D eigenvalue weighted by Crippen LogP contribution is -2.04. The van der Waals surface area contributed by atoms with E-state index >= 15 is 0 Å². The van der Waals surface area contributed by atoms with Crippen molar-refractivity contribution in [2.24, 2.45) is 0 Å². The second kappa shape index (κ2) is 14.3. The van der Waals surface area contributed by atoms with Crippen LogP contribution < -0.4 is 0 Å². The largest absolute Gasteiger partial charge is 0.309 e. The molecule has 0 bridgehead atoms. The van der Waals surface area contributed by atoms with Gasteiger partial charge in [0.25, 0.3) is 0 Å². The fourth-order valence-electron chi connectivity index (χ4n) is 9.21. The smallest absolute Gasteiger partial charge is 0.166 e. The number of benzene rings is 9. The number of hydrogen-bond acceptors (Lipinski definition) is 4. The summed E-state index contributed by atoms with van der Waals surface area (Å²) in [7, 11) is 0. The van der Waals surface area contributed by atoms with Crippen LogP contribution in [0.1, 0.15) is 5.56 Å². The van der Waals surface area contributed by atoms with Gasteiger partial charge in [0.05, 0.1) is 45.1 Å². The van der Waals surface area contributed by atoms with E-state index in [0.29, 0.717) is 23.0 Å². The average Bonchev–Trinajstić information content (AvgIpc) is 3.87. The Bertz CT molecular complexity index is 3760. The number of nitrogens with zero attached hydrogens (tertiary/aromatic N) is 6. The van der Waals surface area contributed by atoms with E-state index in [9.17, 15) is 5.26 Å². The van der Waals surface area contributed by atoms with Crippen molar-refractivity contribution in [1.29, 1.82) is 5.26 Å². The normalized spacial score (nSPS) is 11.5. The van der Waals surface area contributed by atoms with Crippen molar-refractivity contribution < 1.29 is 0 Å². The van der Waals surface area contributed by atoms with Gasteiger partial charge < -0.3 is 9.13 Å². The fourth-order valence-corrected chi connectivity index (χ4v) is 9.21. The first kappa shape index (κ1) is 35.3. The van der Waals surface area contributed by atoms with Crippen molar-refractivity contribution in [3.63, 3.8) is 0 Å². The number of fused-ring (bicyclic) bond motifs is 8. The van der Waals surface area contributed by atoms with Gasteiger partial charge in [0.2, 0.25) is 0 Å². The summed E-state index contributed by atoms with van der Waals surface area (Å²) in [6.07, 6.45) is 0. The van der Waals surface area contributed by atoms with E-state index in [1.807, 2.05) is 78.9 Å². The first-order valence-corrected chi connectivity index (χ1v) is 20.7. The Hall–Kier alpha value is -8.66. The van der Waals surface area contributed by atoms with Gasteiger partial charge in [0.1, 0.15) is 0 Å². The minimum Gasteiger partial charge on any atom is -0.309 e. The summed E-state index contributed by atoms with van der Waals surface area (Å²) in [6.45, 7) is 0. The molecule has 0 saturated carbocycles. The molecule has 0 N–H and O–H groups in total. The molecule has 288 valence electrons. The highest BCUT2D eigenvalue weighted by Crippen LogP contribution is 2.44. The molecule has 0 aliphatic heterocycles. The van der Waals surface area contributed by atoms with Crippen LogP contribution in [0.3, 0.4) is 0 Å². The predicted molar refractivity (Wildman–Crippen MR) is 252 cm³/mol. The van der Waals surface area contributed by atoms with Crippen LogP contribution in [0.4, 0.5) is 0 Å². The van der Waals surface area contributed by atoms with Gasteiger partial charge in [-0.15, -0.1) is 0 Å². The Kier molecular flexibility index (Phi) is 8.12. The van der Waals surface area contributed by atoms with Gasteiger partial charge in [0.15, 0.2) is 17.5 Å². The van der Waals surface area contributed by atoms with E-state index in [1.165, 1.54) is 10.8 Å². The Morgan fingerprint density at radius 3 is 1.76 bits per heavy atom. The lowest BCUT2D eigenvalue weighted by molar-refractivity contribution is 1.06. The summed E-state index contributed by atoms with van der Waals surface area (Å²) < 4.78 is 4.76. The molecule has 9 aromatic carbocycles. The molecule has 0 amide bonds. The summed E-state index contributed by atoms with van der Waals surface area (Å²) >= 11 is 0.